The van der Waals surface area contributed by atoms with Crippen molar-refractivity contribution in [3.8, 4) is 17.2 Å². The van der Waals surface area contributed by atoms with Gasteiger partial charge >= 0.3 is 5.97 Å². The maximum atomic E-state index is 12.1. The maximum absolute atomic E-state index is 12.1. The molecule has 0 aliphatic carbocycles. The highest BCUT2D eigenvalue weighted by atomic mass is 16.5. The predicted molar refractivity (Wildman–Crippen MR) is 131 cm³/mol. The Balaban J connectivity index is 1.69. The summed E-state index contributed by atoms with van der Waals surface area (Å²) in [6, 6.07) is 20.3. The molecule has 0 saturated carbocycles. The number of para-hydroxylation sites is 1. The Kier molecular flexibility index (Phi) is 8.73. The smallest absolute Gasteiger partial charge is 0.330 e. The van der Waals surface area contributed by atoms with Gasteiger partial charge in [-0.2, -0.15) is 0 Å². The van der Waals surface area contributed by atoms with Gasteiger partial charge in [-0.25, -0.2) is 4.79 Å². The number of aliphatic carboxylic acids is 1. The molecule has 0 saturated heterocycles. The molecule has 0 aliphatic heterocycles. The van der Waals surface area contributed by atoms with Crippen molar-refractivity contribution in [1.29, 1.82) is 5.41 Å². The number of hydrogen-bond acceptors (Lipinski definition) is 6. The minimum Gasteiger partial charge on any atom is -0.494 e. The molecule has 1 atom stereocenters. The van der Waals surface area contributed by atoms with Gasteiger partial charge in [-0.1, -0.05) is 18.2 Å². The first-order valence-corrected chi connectivity index (χ1v) is 11.0. The van der Waals surface area contributed by atoms with Crippen molar-refractivity contribution in [2.45, 2.75) is 19.4 Å². The van der Waals surface area contributed by atoms with Gasteiger partial charge in [0.05, 0.1) is 19.8 Å². The molecular weight excluding hydrogens is 434 g/mol. The Hall–Kier alpha value is -4.20. The van der Waals surface area contributed by atoms with Gasteiger partial charge in [-0.3, -0.25) is 5.41 Å². The fourth-order valence-corrected chi connectivity index (χ4v) is 3.25. The molecule has 8 nitrogen and oxygen atoms in total. The number of hydrogen-bond donors (Lipinski definition) is 4. The summed E-state index contributed by atoms with van der Waals surface area (Å²) in [5.41, 5.74) is 7.12. The summed E-state index contributed by atoms with van der Waals surface area (Å²) < 4.78 is 17.2. The highest BCUT2D eigenvalue weighted by molar-refractivity contribution is 5.95. The van der Waals surface area contributed by atoms with Gasteiger partial charge in [0, 0.05) is 23.7 Å². The largest absolute Gasteiger partial charge is 0.494 e. The zero-order chi connectivity index (χ0) is 24.3. The second-order valence-electron chi connectivity index (χ2n) is 7.44. The minimum absolute atomic E-state index is 0.0540. The quantitative estimate of drug-likeness (QED) is 0.167. The van der Waals surface area contributed by atoms with Crippen LogP contribution in [0.4, 0.5) is 5.69 Å². The standard InChI is InChI=1S/C26H29N3O5/c1-2-32-22-15-19(24(26(30)31)29-20-11-9-18(10-12-20)25(27)28)16-23(17-22)34-14-6-13-33-21-7-4-3-5-8-21/h3-5,7-12,15-17,24,29H,2,6,13-14H2,1H3,(H3,27,28)(H,30,31). The normalized spacial score (nSPS) is 11.3. The first-order chi connectivity index (χ1) is 16.5. The van der Waals surface area contributed by atoms with Gasteiger partial charge in [-0.05, 0) is 61.0 Å². The van der Waals surface area contributed by atoms with Crippen LogP contribution in [0.3, 0.4) is 0 Å². The Morgan fingerprint density at radius 3 is 2.15 bits per heavy atom. The van der Waals surface area contributed by atoms with Crippen LogP contribution < -0.4 is 25.3 Å². The average molecular weight is 464 g/mol. The number of amidine groups is 1. The first-order valence-electron chi connectivity index (χ1n) is 11.0. The first kappa shape index (κ1) is 24.4. The third-order valence-corrected chi connectivity index (χ3v) is 4.87. The summed E-state index contributed by atoms with van der Waals surface area (Å²) in [7, 11) is 0. The Morgan fingerprint density at radius 1 is 0.941 bits per heavy atom. The molecule has 0 bridgehead atoms. The van der Waals surface area contributed by atoms with Crippen molar-refractivity contribution in [3.05, 3.63) is 83.9 Å². The summed E-state index contributed by atoms with van der Waals surface area (Å²) in [6.07, 6.45) is 0.659. The third-order valence-electron chi connectivity index (χ3n) is 4.87. The second kappa shape index (κ2) is 12.2. The molecule has 178 valence electrons. The lowest BCUT2D eigenvalue weighted by atomic mass is 10.1. The van der Waals surface area contributed by atoms with Crippen LogP contribution in [-0.4, -0.2) is 36.7 Å². The van der Waals surface area contributed by atoms with Gasteiger partial charge in [0.25, 0.3) is 0 Å². The van der Waals surface area contributed by atoms with E-state index in [9.17, 15) is 9.90 Å². The fourth-order valence-electron chi connectivity index (χ4n) is 3.25. The summed E-state index contributed by atoms with van der Waals surface area (Å²) >= 11 is 0. The van der Waals surface area contributed by atoms with Crippen LogP contribution in [0.2, 0.25) is 0 Å². The molecule has 34 heavy (non-hydrogen) atoms. The average Bonchev–Trinajstić information content (AvgIpc) is 2.83. The zero-order valence-corrected chi connectivity index (χ0v) is 19.0. The summed E-state index contributed by atoms with van der Waals surface area (Å²) in [5, 5.41) is 20.4. The summed E-state index contributed by atoms with van der Waals surface area (Å²) in [4.78, 5) is 12.1. The van der Waals surface area contributed by atoms with Gasteiger partial charge in [0.15, 0.2) is 6.04 Å². The number of benzene rings is 3. The lowest BCUT2D eigenvalue weighted by molar-refractivity contribution is -0.138. The van der Waals surface area contributed by atoms with Crippen molar-refractivity contribution >= 4 is 17.5 Å². The molecular formula is C26H29N3O5. The molecule has 0 spiro atoms. The molecule has 3 aromatic rings. The monoisotopic (exact) mass is 463 g/mol. The van der Waals surface area contributed by atoms with E-state index in [0.29, 0.717) is 54.6 Å². The number of carboxylic acid groups (broad SMARTS) is 1. The third kappa shape index (κ3) is 7.16. The number of nitrogens with one attached hydrogen (secondary N) is 2. The number of carbonyl (C=O) groups is 1. The number of nitrogens with two attached hydrogens (primary N) is 1. The molecule has 3 rings (SSSR count). The zero-order valence-electron chi connectivity index (χ0n) is 19.0. The van der Waals surface area contributed by atoms with Crippen molar-refractivity contribution in [2.75, 3.05) is 25.1 Å². The van der Waals surface area contributed by atoms with E-state index < -0.39 is 12.0 Å². The number of ether oxygens (including phenoxy) is 3. The fraction of sp³-hybridized carbons (Fsp3) is 0.231. The Morgan fingerprint density at radius 2 is 1.56 bits per heavy atom. The number of nitrogen functional groups attached to an aromatic ring is 1. The molecule has 0 aromatic heterocycles. The van der Waals surface area contributed by atoms with Gasteiger partial charge in [-0.15, -0.1) is 0 Å². The SMILES string of the molecule is CCOc1cc(OCCCOc2ccccc2)cc(C(Nc2ccc(C(=N)N)cc2)C(=O)O)c1. The van der Waals surface area contributed by atoms with Crippen LogP contribution in [0.1, 0.15) is 30.5 Å². The molecule has 8 heteroatoms. The van der Waals surface area contributed by atoms with Crippen molar-refractivity contribution < 1.29 is 24.1 Å². The lowest BCUT2D eigenvalue weighted by Gasteiger charge is -2.19. The van der Waals surface area contributed by atoms with Crippen molar-refractivity contribution in [1.82, 2.24) is 0 Å². The molecule has 0 fully saturated rings. The molecule has 1 unspecified atom stereocenters. The van der Waals surface area contributed by atoms with Gasteiger partial charge in [0.1, 0.15) is 23.1 Å². The van der Waals surface area contributed by atoms with Crippen LogP contribution in [0.5, 0.6) is 17.2 Å². The van der Waals surface area contributed by atoms with E-state index >= 15 is 0 Å². The second-order valence-corrected chi connectivity index (χ2v) is 7.44. The van der Waals surface area contributed by atoms with E-state index in [2.05, 4.69) is 5.32 Å². The number of rotatable bonds is 13. The Bertz CT molecular complexity index is 1090. The molecule has 3 aromatic carbocycles. The molecule has 0 amide bonds. The highest BCUT2D eigenvalue weighted by Crippen LogP contribution is 2.29. The van der Waals surface area contributed by atoms with E-state index in [1.807, 2.05) is 37.3 Å². The highest BCUT2D eigenvalue weighted by Gasteiger charge is 2.22. The van der Waals surface area contributed by atoms with Crippen LogP contribution in [0.15, 0.2) is 72.8 Å². The van der Waals surface area contributed by atoms with Crippen LogP contribution >= 0.6 is 0 Å². The number of anilines is 1. The molecule has 0 radical (unpaired) electrons. The van der Waals surface area contributed by atoms with Crippen LogP contribution in [0.25, 0.3) is 0 Å². The van der Waals surface area contributed by atoms with Crippen molar-refractivity contribution in [3.63, 3.8) is 0 Å². The van der Waals surface area contributed by atoms with Gasteiger partial charge < -0.3 is 30.4 Å². The van der Waals surface area contributed by atoms with E-state index in [0.717, 1.165) is 5.75 Å². The number of carboxylic acids is 1. The van der Waals surface area contributed by atoms with Gasteiger partial charge in [0.2, 0.25) is 0 Å². The molecule has 5 N–H and O–H groups in total. The van der Waals surface area contributed by atoms with Crippen LogP contribution in [-0.2, 0) is 4.79 Å². The lowest BCUT2D eigenvalue weighted by Crippen LogP contribution is -2.21. The van der Waals surface area contributed by atoms with E-state index in [1.54, 1.807) is 42.5 Å². The van der Waals surface area contributed by atoms with E-state index in [1.165, 1.54) is 0 Å². The van der Waals surface area contributed by atoms with E-state index in [4.69, 9.17) is 25.4 Å². The van der Waals surface area contributed by atoms with E-state index in [-0.39, 0.29) is 5.84 Å². The topological polar surface area (TPSA) is 127 Å². The summed E-state index contributed by atoms with van der Waals surface area (Å²) in [5.74, 6) is 0.735. The van der Waals surface area contributed by atoms with Crippen molar-refractivity contribution in [2.24, 2.45) is 5.73 Å². The minimum atomic E-state index is -1.05. The Labute approximate surface area is 198 Å². The maximum Gasteiger partial charge on any atom is 0.330 e. The molecule has 0 heterocycles. The predicted octanol–water partition coefficient (Wildman–Crippen LogP) is 4.46. The van der Waals surface area contributed by atoms with Crippen LogP contribution in [0, 0.1) is 5.41 Å². The molecule has 0 aliphatic rings. The summed E-state index contributed by atoms with van der Waals surface area (Å²) in [6.45, 7) is 3.19.